The first-order chi connectivity index (χ1) is 10.1. The Hall–Kier alpha value is -1.61. The van der Waals surface area contributed by atoms with Gasteiger partial charge in [-0.3, -0.25) is 4.79 Å². The van der Waals surface area contributed by atoms with Crippen molar-refractivity contribution < 1.29 is 4.79 Å². The Morgan fingerprint density at radius 3 is 2.95 bits per heavy atom. The van der Waals surface area contributed by atoms with Crippen LogP contribution in [0, 0.1) is 0 Å². The Balaban J connectivity index is 1.92. The quantitative estimate of drug-likeness (QED) is 0.764. The van der Waals surface area contributed by atoms with Crippen LogP contribution in [0.25, 0.3) is 11.0 Å². The predicted octanol–water partition coefficient (Wildman–Crippen LogP) is 3.07. The van der Waals surface area contributed by atoms with E-state index in [1.54, 1.807) is 17.5 Å². The lowest BCUT2D eigenvalue weighted by molar-refractivity contribution is 0.102. The van der Waals surface area contributed by atoms with Crippen LogP contribution in [0.1, 0.15) is 28.5 Å². The number of nitrogens with one attached hydrogen (secondary N) is 1. The van der Waals surface area contributed by atoms with Gasteiger partial charge in [-0.2, -0.15) is 8.75 Å². The maximum Gasteiger partial charge on any atom is 0.275 e. The van der Waals surface area contributed by atoms with E-state index in [-0.39, 0.29) is 11.9 Å². The molecule has 0 radical (unpaired) electrons. The fraction of sp³-hybridized carbons (Fsp3) is 0.167. The molecule has 0 spiro atoms. The fourth-order valence-electron chi connectivity index (χ4n) is 1.72. The maximum atomic E-state index is 12.3. The van der Waals surface area contributed by atoms with E-state index in [9.17, 15) is 4.79 Å². The summed E-state index contributed by atoms with van der Waals surface area (Å²) in [5, 5.41) is 5.53. The van der Waals surface area contributed by atoms with Gasteiger partial charge in [-0.15, -0.1) is 11.3 Å². The number of carbonyl (C=O) groups excluding carboxylic acids is 1. The number of carbonyl (C=O) groups is 1. The van der Waals surface area contributed by atoms with Gasteiger partial charge in [0.1, 0.15) is 21.7 Å². The Labute approximate surface area is 133 Å². The number of rotatable bonds is 3. The summed E-state index contributed by atoms with van der Waals surface area (Å²) in [6.07, 6.45) is 0. The number of nitrogens with zero attached hydrogens (tertiary/aromatic N) is 3. The average molecular weight is 340 g/mol. The van der Waals surface area contributed by atoms with Crippen LogP contribution in [0.4, 0.5) is 5.69 Å². The molecule has 3 N–H and O–H groups in total. The van der Waals surface area contributed by atoms with Gasteiger partial charge in [0.05, 0.1) is 28.5 Å². The second-order valence-electron chi connectivity index (χ2n) is 4.37. The van der Waals surface area contributed by atoms with Crippen molar-refractivity contribution in [1.82, 2.24) is 13.7 Å². The van der Waals surface area contributed by atoms with Crippen molar-refractivity contribution in [3.05, 3.63) is 33.2 Å². The topological polar surface area (TPSA) is 93.8 Å². The number of aromatic nitrogens is 3. The minimum Gasteiger partial charge on any atom is -0.322 e. The van der Waals surface area contributed by atoms with Gasteiger partial charge in [-0.25, -0.2) is 4.98 Å². The zero-order valence-corrected chi connectivity index (χ0v) is 13.2. The van der Waals surface area contributed by atoms with Crippen LogP contribution in [0.15, 0.2) is 17.5 Å². The third-order valence-electron chi connectivity index (χ3n) is 2.76. The summed E-state index contributed by atoms with van der Waals surface area (Å²) in [6, 6.07) is 3.23. The molecule has 1 aromatic carbocycles. The molecule has 1 amide bonds. The number of hydrogen-bond donors (Lipinski definition) is 2. The number of thiazole rings is 1. The van der Waals surface area contributed by atoms with Crippen LogP contribution in [0.5, 0.6) is 0 Å². The van der Waals surface area contributed by atoms with E-state index in [2.05, 4.69) is 19.0 Å². The van der Waals surface area contributed by atoms with E-state index in [1.165, 1.54) is 11.3 Å². The lowest BCUT2D eigenvalue weighted by Gasteiger charge is -2.06. The summed E-state index contributed by atoms with van der Waals surface area (Å²) in [4.78, 5) is 16.5. The first-order valence-electron chi connectivity index (χ1n) is 5.99. The van der Waals surface area contributed by atoms with Crippen molar-refractivity contribution in [2.75, 3.05) is 5.32 Å². The van der Waals surface area contributed by atoms with Crippen molar-refractivity contribution in [1.29, 1.82) is 0 Å². The number of anilines is 1. The summed E-state index contributed by atoms with van der Waals surface area (Å²) < 4.78 is 8.27. The minimum absolute atomic E-state index is 0.202. The summed E-state index contributed by atoms with van der Waals surface area (Å²) in [5.74, 6) is -0.347. The molecule has 108 valence electrons. The molecule has 2 heterocycles. The number of hydrogen-bond acceptors (Lipinski definition) is 7. The summed E-state index contributed by atoms with van der Waals surface area (Å²) in [6.45, 7) is 1.82. The van der Waals surface area contributed by atoms with Gasteiger partial charge in [0.25, 0.3) is 5.91 Å². The second-order valence-corrected chi connectivity index (χ2v) is 6.19. The van der Waals surface area contributed by atoms with E-state index in [4.69, 9.17) is 17.3 Å². The highest BCUT2D eigenvalue weighted by Gasteiger charge is 2.17. The van der Waals surface area contributed by atoms with Crippen LogP contribution < -0.4 is 11.1 Å². The molecule has 0 saturated carbocycles. The van der Waals surface area contributed by atoms with Crippen molar-refractivity contribution in [3.63, 3.8) is 0 Å². The standard InChI is InChI=1S/C12H10ClN5OS2/c1-5(14)12-15-8(4-20-12)11(19)16-9-6(13)2-3-7-10(9)18-21-17-7/h2-5H,14H2,1H3,(H,16,19). The van der Waals surface area contributed by atoms with Crippen LogP contribution in [0.2, 0.25) is 5.02 Å². The summed E-state index contributed by atoms with van der Waals surface area (Å²) in [5.41, 5.74) is 7.76. The zero-order chi connectivity index (χ0) is 15.0. The number of halogens is 1. The van der Waals surface area contributed by atoms with Gasteiger partial charge in [0.15, 0.2) is 0 Å². The van der Waals surface area contributed by atoms with Crippen molar-refractivity contribution in [2.24, 2.45) is 5.73 Å². The molecule has 3 aromatic rings. The molecule has 0 bridgehead atoms. The van der Waals surface area contributed by atoms with E-state index in [1.807, 2.05) is 6.92 Å². The molecule has 0 aliphatic rings. The Kier molecular flexibility index (Phi) is 3.85. The summed E-state index contributed by atoms with van der Waals surface area (Å²) in [7, 11) is 0. The highest BCUT2D eigenvalue weighted by atomic mass is 35.5. The Bertz CT molecular complexity index is 813. The van der Waals surface area contributed by atoms with Gasteiger partial charge < -0.3 is 11.1 Å². The molecule has 0 fully saturated rings. The molecule has 6 nitrogen and oxygen atoms in total. The minimum atomic E-state index is -0.347. The molecule has 9 heteroatoms. The third-order valence-corrected chi connectivity index (χ3v) is 4.66. The first kappa shape index (κ1) is 14.3. The molecule has 0 aliphatic carbocycles. The van der Waals surface area contributed by atoms with Crippen LogP contribution >= 0.6 is 34.7 Å². The monoisotopic (exact) mass is 339 g/mol. The summed E-state index contributed by atoms with van der Waals surface area (Å²) >= 11 is 8.55. The molecule has 0 aliphatic heterocycles. The highest BCUT2D eigenvalue weighted by molar-refractivity contribution is 7.09. The van der Waals surface area contributed by atoms with Crippen LogP contribution in [-0.4, -0.2) is 19.6 Å². The van der Waals surface area contributed by atoms with Crippen molar-refractivity contribution in [3.8, 4) is 0 Å². The highest BCUT2D eigenvalue weighted by Crippen LogP contribution is 2.30. The van der Waals surface area contributed by atoms with Gasteiger partial charge in [0.2, 0.25) is 0 Å². The van der Waals surface area contributed by atoms with Crippen molar-refractivity contribution >= 4 is 57.3 Å². The van der Waals surface area contributed by atoms with Gasteiger partial charge >= 0.3 is 0 Å². The van der Waals surface area contributed by atoms with E-state index in [0.29, 0.717) is 32.4 Å². The van der Waals surface area contributed by atoms with Crippen LogP contribution in [0.3, 0.4) is 0 Å². The smallest absolute Gasteiger partial charge is 0.275 e. The Morgan fingerprint density at radius 1 is 1.43 bits per heavy atom. The molecule has 1 atom stereocenters. The maximum absolute atomic E-state index is 12.3. The van der Waals surface area contributed by atoms with E-state index < -0.39 is 0 Å². The zero-order valence-electron chi connectivity index (χ0n) is 10.8. The molecule has 21 heavy (non-hydrogen) atoms. The van der Waals surface area contributed by atoms with E-state index >= 15 is 0 Å². The molecule has 1 unspecified atom stereocenters. The lowest BCUT2D eigenvalue weighted by Crippen LogP contribution is -2.14. The fourth-order valence-corrected chi connectivity index (χ4v) is 3.22. The lowest BCUT2D eigenvalue weighted by atomic mass is 10.2. The molecule has 3 rings (SSSR count). The number of amides is 1. The van der Waals surface area contributed by atoms with Gasteiger partial charge in [-0.1, -0.05) is 11.6 Å². The number of fused-ring (bicyclic) bond motifs is 1. The number of nitrogens with two attached hydrogens (primary N) is 1. The molecular formula is C12H10ClN5OS2. The first-order valence-corrected chi connectivity index (χ1v) is 7.98. The largest absolute Gasteiger partial charge is 0.322 e. The Morgan fingerprint density at radius 2 is 2.24 bits per heavy atom. The van der Waals surface area contributed by atoms with Crippen LogP contribution in [-0.2, 0) is 0 Å². The molecule has 2 aromatic heterocycles. The number of benzene rings is 1. The predicted molar refractivity (Wildman–Crippen MR) is 85.1 cm³/mol. The van der Waals surface area contributed by atoms with Gasteiger partial charge in [-0.05, 0) is 19.1 Å². The molecular weight excluding hydrogens is 330 g/mol. The SMILES string of the molecule is CC(N)c1nc(C(=O)Nc2c(Cl)ccc3nsnc23)cs1. The third kappa shape index (κ3) is 2.75. The van der Waals surface area contributed by atoms with E-state index in [0.717, 1.165) is 11.7 Å². The molecule has 0 saturated heterocycles. The van der Waals surface area contributed by atoms with Crippen molar-refractivity contribution in [2.45, 2.75) is 13.0 Å². The second kappa shape index (κ2) is 5.64. The van der Waals surface area contributed by atoms with Gasteiger partial charge in [0, 0.05) is 5.38 Å². The average Bonchev–Trinajstić information content (AvgIpc) is 3.09. The normalized spacial score (nSPS) is 12.5.